The van der Waals surface area contributed by atoms with Gasteiger partial charge in [0, 0.05) is 30.8 Å². The van der Waals surface area contributed by atoms with Gasteiger partial charge in [-0.2, -0.15) is 0 Å². The van der Waals surface area contributed by atoms with Crippen molar-refractivity contribution in [3.05, 3.63) is 76.9 Å². The van der Waals surface area contributed by atoms with Crippen molar-refractivity contribution in [2.75, 3.05) is 26.3 Å². The van der Waals surface area contributed by atoms with Crippen LogP contribution in [0.15, 0.2) is 54.6 Å². The Balaban J connectivity index is 1.54. The molecule has 1 fully saturated rings. The summed E-state index contributed by atoms with van der Waals surface area (Å²) < 4.78 is 5.38. The maximum atomic E-state index is 12.5. The first-order valence-corrected chi connectivity index (χ1v) is 11.4. The van der Waals surface area contributed by atoms with Crippen LogP contribution >= 0.6 is 0 Å². The number of nitrogens with one attached hydrogen (secondary N) is 2. The highest BCUT2D eigenvalue weighted by molar-refractivity contribution is 5.97. The van der Waals surface area contributed by atoms with Crippen LogP contribution < -0.4 is 10.8 Å². The van der Waals surface area contributed by atoms with E-state index in [1.54, 1.807) is 30.3 Å². The number of hydrogen-bond acceptors (Lipinski definition) is 6. The highest BCUT2D eigenvalue weighted by atomic mass is 16.5. The first-order valence-electron chi connectivity index (χ1n) is 11.4. The number of benzene rings is 2. The minimum Gasteiger partial charge on any atom is -0.388 e. The predicted octanol–water partition coefficient (Wildman–Crippen LogP) is 1.96. The maximum absolute atomic E-state index is 12.5. The van der Waals surface area contributed by atoms with Crippen molar-refractivity contribution in [2.24, 2.45) is 0 Å². The molecule has 0 spiro atoms. The lowest BCUT2D eigenvalue weighted by Gasteiger charge is -2.28. The average molecular weight is 478 g/mol. The number of morpholine rings is 1. The van der Waals surface area contributed by atoms with E-state index < -0.39 is 23.5 Å². The molecule has 2 amide bonds. The average Bonchev–Trinajstić information content (AvgIpc) is 2.86. The molecule has 0 radical (unpaired) electrons. The molecule has 0 aliphatic carbocycles. The van der Waals surface area contributed by atoms with Gasteiger partial charge in [0.25, 0.3) is 11.8 Å². The molecule has 1 atom stereocenters. The van der Waals surface area contributed by atoms with E-state index in [9.17, 15) is 14.7 Å². The summed E-state index contributed by atoms with van der Waals surface area (Å²) in [5, 5.41) is 21.4. The molecule has 8 nitrogen and oxygen atoms in total. The molecule has 1 aliphatic rings. The van der Waals surface area contributed by atoms with Crippen LogP contribution in [0.3, 0.4) is 0 Å². The first kappa shape index (κ1) is 26.1. The minimum atomic E-state index is -1.56. The van der Waals surface area contributed by atoms with E-state index in [2.05, 4.69) is 34.2 Å². The molecule has 3 rings (SSSR count). The number of rotatable bonds is 7. The van der Waals surface area contributed by atoms with Crippen molar-refractivity contribution < 1.29 is 24.6 Å². The number of ether oxygens (including phenoxy) is 1. The third-order valence-corrected chi connectivity index (χ3v) is 5.57. The Labute approximate surface area is 205 Å². The number of amides is 2. The molecule has 4 N–H and O–H groups in total. The molecule has 35 heavy (non-hydrogen) atoms. The van der Waals surface area contributed by atoms with Gasteiger partial charge in [-0.3, -0.25) is 19.7 Å². The molecule has 1 saturated heterocycles. The highest BCUT2D eigenvalue weighted by Crippen LogP contribution is 2.12. The monoisotopic (exact) mass is 477 g/mol. The molecule has 184 valence electrons. The van der Waals surface area contributed by atoms with Crippen molar-refractivity contribution >= 4 is 17.9 Å². The lowest BCUT2D eigenvalue weighted by Crippen LogP contribution is -2.57. The Hall–Kier alpha value is -3.48. The van der Waals surface area contributed by atoms with E-state index in [0.717, 1.165) is 44.0 Å². The fraction of sp³-hybridized carbons (Fsp3) is 0.333. The molecular weight excluding hydrogens is 446 g/mol. The molecular formula is C27H31N3O5. The van der Waals surface area contributed by atoms with Gasteiger partial charge >= 0.3 is 0 Å². The summed E-state index contributed by atoms with van der Waals surface area (Å²) in [5.74, 6) is 4.67. The van der Waals surface area contributed by atoms with Crippen molar-refractivity contribution in [3.8, 4) is 11.8 Å². The van der Waals surface area contributed by atoms with E-state index in [0.29, 0.717) is 5.56 Å². The van der Waals surface area contributed by atoms with E-state index in [1.807, 2.05) is 18.2 Å². The first-order chi connectivity index (χ1) is 16.8. The summed E-state index contributed by atoms with van der Waals surface area (Å²) in [6.45, 7) is 7.14. The van der Waals surface area contributed by atoms with Gasteiger partial charge in [-0.15, -0.1) is 0 Å². The molecule has 2 aromatic carbocycles. The normalized spacial score (nSPS) is 15.2. The van der Waals surface area contributed by atoms with Crippen LogP contribution in [0.25, 0.3) is 6.08 Å². The molecule has 2 aromatic rings. The Morgan fingerprint density at radius 2 is 1.77 bits per heavy atom. The highest BCUT2D eigenvalue weighted by Gasteiger charge is 2.34. The van der Waals surface area contributed by atoms with Crippen molar-refractivity contribution in [2.45, 2.75) is 32.0 Å². The van der Waals surface area contributed by atoms with Crippen molar-refractivity contribution in [1.82, 2.24) is 15.7 Å². The quantitative estimate of drug-likeness (QED) is 0.276. The zero-order valence-corrected chi connectivity index (χ0v) is 20.0. The third-order valence-electron chi connectivity index (χ3n) is 5.57. The smallest absolute Gasteiger partial charge is 0.268 e. The second kappa shape index (κ2) is 12.3. The van der Waals surface area contributed by atoms with Gasteiger partial charge in [0.1, 0.15) is 6.04 Å². The van der Waals surface area contributed by atoms with Crippen molar-refractivity contribution in [3.63, 3.8) is 0 Å². The standard InChI is InChI=1S/C27H31N3O5/c1-27(2,33)24(26(32)29-34)28-25(31)23-13-11-21(12-14-23)6-4-3-5-20-7-9-22(10-8-20)19-30-15-17-35-18-16-30/h4,6-14,24,33-34H,15-19H2,1-2H3,(H,28,31)(H,29,32)/b6-4+/t24-/m1/s1. The summed E-state index contributed by atoms with van der Waals surface area (Å²) in [5.41, 5.74) is 3.24. The van der Waals surface area contributed by atoms with Crippen LogP contribution in [0.5, 0.6) is 0 Å². The molecule has 1 aliphatic heterocycles. The molecule has 0 aromatic heterocycles. The lowest BCUT2D eigenvalue weighted by molar-refractivity contribution is -0.136. The van der Waals surface area contributed by atoms with Crippen LogP contribution in [0.2, 0.25) is 0 Å². The summed E-state index contributed by atoms with van der Waals surface area (Å²) in [4.78, 5) is 26.6. The van der Waals surface area contributed by atoms with Gasteiger partial charge in [0.05, 0.1) is 18.8 Å². The number of nitrogens with zero attached hydrogens (tertiary/aromatic N) is 1. The Kier molecular flexibility index (Phi) is 9.18. The topological polar surface area (TPSA) is 111 Å². The molecule has 0 unspecified atom stereocenters. The molecule has 0 bridgehead atoms. The van der Waals surface area contributed by atoms with E-state index in [1.165, 1.54) is 24.9 Å². The Morgan fingerprint density at radius 3 is 2.37 bits per heavy atom. The largest absolute Gasteiger partial charge is 0.388 e. The van der Waals surface area contributed by atoms with Gasteiger partial charge in [-0.25, -0.2) is 5.48 Å². The summed E-state index contributed by atoms with van der Waals surface area (Å²) in [6, 6.07) is 13.6. The number of carbonyl (C=O) groups is 2. The van der Waals surface area contributed by atoms with Crippen LogP contribution in [0, 0.1) is 11.8 Å². The second-order valence-corrected chi connectivity index (χ2v) is 8.85. The molecule has 8 heteroatoms. The maximum Gasteiger partial charge on any atom is 0.268 e. The zero-order chi connectivity index (χ0) is 25.3. The number of hydrogen-bond donors (Lipinski definition) is 4. The number of aliphatic hydroxyl groups is 1. The van der Waals surface area contributed by atoms with Crippen LogP contribution in [0.1, 0.15) is 40.9 Å². The number of allylic oxidation sites excluding steroid dienone is 1. The van der Waals surface area contributed by atoms with Gasteiger partial charge in [0.15, 0.2) is 0 Å². The third kappa shape index (κ3) is 8.05. The number of carbonyl (C=O) groups excluding carboxylic acids is 2. The van der Waals surface area contributed by atoms with E-state index in [4.69, 9.17) is 9.94 Å². The Morgan fingerprint density at radius 1 is 1.11 bits per heavy atom. The van der Waals surface area contributed by atoms with Gasteiger partial charge in [-0.1, -0.05) is 36.1 Å². The lowest BCUT2D eigenvalue weighted by atomic mass is 9.97. The van der Waals surface area contributed by atoms with E-state index in [-0.39, 0.29) is 0 Å². The number of hydroxylamine groups is 1. The van der Waals surface area contributed by atoms with Gasteiger partial charge in [-0.05, 0) is 61.4 Å². The van der Waals surface area contributed by atoms with Crippen LogP contribution in [-0.4, -0.2) is 65.0 Å². The molecule has 1 heterocycles. The van der Waals surface area contributed by atoms with Gasteiger partial charge < -0.3 is 15.2 Å². The predicted molar refractivity (Wildman–Crippen MR) is 132 cm³/mol. The minimum absolute atomic E-state index is 0.311. The Bertz CT molecular complexity index is 1090. The van der Waals surface area contributed by atoms with E-state index >= 15 is 0 Å². The van der Waals surface area contributed by atoms with Crippen LogP contribution in [-0.2, 0) is 16.1 Å². The fourth-order valence-corrected chi connectivity index (χ4v) is 3.56. The summed E-state index contributed by atoms with van der Waals surface area (Å²) >= 11 is 0. The SMILES string of the molecule is CC(C)(O)[C@H](NC(=O)c1ccc(/C=C/C#Cc2ccc(CN3CCOCC3)cc2)cc1)C(=O)NO. The second-order valence-electron chi connectivity index (χ2n) is 8.85. The van der Waals surface area contributed by atoms with Crippen LogP contribution in [0.4, 0.5) is 0 Å². The molecule has 0 saturated carbocycles. The summed E-state index contributed by atoms with van der Waals surface area (Å²) in [6.07, 6.45) is 3.58. The van der Waals surface area contributed by atoms with Crippen molar-refractivity contribution in [1.29, 1.82) is 0 Å². The fourth-order valence-electron chi connectivity index (χ4n) is 3.56. The summed E-state index contributed by atoms with van der Waals surface area (Å²) in [7, 11) is 0. The zero-order valence-electron chi connectivity index (χ0n) is 20.0. The van der Waals surface area contributed by atoms with Gasteiger partial charge in [0.2, 0.25) is 0 Å².